The van der Waals surface area contributed by atoms with Crippen molar-refractivity contribution in [3.05, 3.63) is 47.6 Å². The lowest BCUT2D eigenvalue weighted by atomic mass is 9.50. The Labute approximate surface area is 174 Å². The highest BCUT2D eigenvalue weighted by Gasteiger charge is 2.64. The van der Waals surface area contributed by atoms with Gasteiger partial charge < -0.3 is 0 Å². The van der Waals surface area contributed by atoms with Crippen molar-refractivity contribution < 1.29 is 0 Å². The molecule has 142 valence electrons. The van der Waals surface area contributed by atoms with Crippen molar-refractivity contribution in [1.82, 2.24) is 0 Å². The summed E-state index contributed by atoms with van der Waals surface area (Å²) in [6.07, 6.45) is 13.9. The molecule has 0 amide bonds. The summed E-state index contributed by atoms with van der Waals surface area (Å²) in [7, 11) is 0. The molecule has 0 aromatic rings. The van der Waals surface area contributed by atoms with Crippen LogP contribution >= 0.6 is 22.6 Å². The van der Waals surface area contributed by atoms with Crippen LogP contribution in [0.4, 0.5) is 0 Å². The zero-order chi connectivity index (χ0) is 18.9. The largest absolute Gasteiger partial charge is 0.0985 e. The molecule has 6 atom stereocenters. The minimum atomic E-state index is 0.254. The molecule has 0 radical (unpaired) electrons. The molecule has 4 aliphatic carbocycles. The van der Waals surface area contributed by atoms with Gasteiger partial charge in [0.1, 0.15) is 0 Å². The van der Waals surface area contributed by atoms with Crippen LogP contribution in [0, 0.1) is 28.6 Å². The van der Waals surface area contributed by atoms with Gasteiger partial charge >= 0.3 is 0 Å². The molecule has 2 fully saturated rings. The molecule has 4 rings (SSSR count). The molecule has 0 nitrogen and oxygen atoms in total. The Morgan fingerprint density at radius 3 is 2.73 bits per heavy atom. The summed E-state index contributed by atoms with van der Waals surface area (Å²) >= 11 is 2.82. The zero-order valence-electron chi connectivity index (χ0n) is 17.1. The third-order valence-corrected chi connectivity index (χ3v) is 12.0. The second-order valence-electron chi connectivity index (χ2n) is 10.00. The van der Waals surface area contributed by atoms with Crippen LogP contribution in [0.3, 0.4) is 0 Å². The number of fused-ring (bicyclic) bond motifs is 5. The van der Waals surface area contributed by atoms with Gasteiger partial charge in [-0.25, -0.2) is 0 Å². The van der Waals surface area contributed by atoms with Crippen LogP contribution in [-0.4, -0.2) is 3.42 Å². The van der Waals surface area contributed by atoms with E-state index in [1.165, 1.54) is 49.7 Å². The minimum absolute atomic E-state index is 0.254. The van der Waals surface area contributed by atoms with Crippen LogP contribution < -0.4 is 0 Å². The fourth-order valence-corrected chi connectivity index (χ4v) is 8.53. The maximum atomic E-state index is 4.56. The first kappa shape index (κ1) is 19.0. The maximum absolute atomic E-state index is 4.56. The first-order valence-corrected chi connectivity index (χ1v) is 11.7. The number of hydrogen-bond acceptors (Lipinski definition) is 0. The fourth-order valence-electron chi connectivity index (χ4n) is 7.27. The van der Waals surface area contributed by atoms with Gasteiger partial charge in [-0.2, -0.15) is 0 Å². The van der Waals surface area contributed by atoms with Crippen LogP contribution in [0.2, 0.25) is 0 Å². The van der Waals surface area contributed by atoms with Crippen molar-refractivity contribution in [2.24, 2.45) is 28.6 Å². The molecular weight excluding hydrogens is 427 g/mol. The molecule has 4 aliphatic rings. The second kappa shape index (κ2) is 6.09. The normalized spacial score (nSPS) is 47.4. The summed E-state index contributed by atoms with van der Waals surface area (Å²) in [6, 6.07) is 0. The van der Waals surface area contributed by atoms with Crippen LogP contribution in [0.15, 0.2) is 47.6 Å². The average Bonchev–Trinajstić information content (AvgIpc) is 2.83. The van der Waals surface area contributed by atoms with Crippen molar-refractivity contribution >= 4 is 22.6 Å². The number of hydrogen-bond donors (Lipinski definition) is 0. The molecule has 0 bridgehead atoms. The Kier molecular flexibility index (Phi) is 4.46. The summed E-state index contributed by atoms with van der Waals surface area (Å²) in [5.41, 5.74) is 6.96. The van der Waals surface area contributed by atoms with E-state index in [1.807, 2.05) is 0 Å². The van der Waals surface area contributed by atoms with E-state index in [0.717, 1.165) is 24.2 Å². The molecule has 0 spiro atoms. The van der Waals surface area contributed by atoms with Gasteiger partial charge in [0.25, 0.3) is 0 Å². The number of alkyl halides is 1. The molecule has 2 saturated carbocycles. The molecule has 0 saturated heterocycles. The Hall–Kier alpha value is -0.310. The van der Waals surface area contributed by atoms with Crippen molar-refractivity contribution in [3.63, 3.8) is 0 Å². The van der Waals surface area contributed by atoms with Crippen molar-refractivity contribution in [2.45, 2.75) is 76.1 Å². The van der Waals surface area contributed by atoms with Gasteiger partial charge in [0.15, 0.2) is 0 Å². The van der Waals surface area contributed by atoms with Gasteiger partial charge in [-0.15, -0.1) is 0 Å². The molecule has 0 aliphatic heterocycles. The van der Waals surface area contributed by atoms with E-state index in [-0.39, 0.29) is 3.42 Å². The number of halogens is 1. The van der Waals surface area contributed by atoms with Crippen molar-refractivity contribution in [3.8, 4) is 0 Å². The second-order valence-corrected chi connectivity index (χ2v) is 11.7. The molecule has 0 aromatic carbocycles. The third kappa shape index (κ3) is 2.25. The van der Waals surface area contributed by atoms with Crippen LogP contribution in [-0.2, 0) is 0 Å². The van der Waals surface area contributed by atoms with Gasteiger partial charge in [-0.3, -0.25) is 0 Å². The lowest BCUT2D eigenvalue weighted by Crippen LogP contribution is -2.49. The van der Waals surface area contributed by atoms with Crippen LogP contribution in [0.25, 0.3) is 0 Å². The summed E-state index contributed by atoms with van der Waals surface area (Å²) in [4.78, 5) is 0. The van der Waals surface area contributed by atoms with E-state index in [2.05, 4.69) is 75.6 Å². The van der Waals surface area contributed by atoms with E-state index in [4.69, 9.17) is 0 Å². The maximum Gasteiger partial charge on any atom is 0.0512 e. The SMILES string of the molecule is C=C1C=C2CCC3C(=CC[C@@]4(C)C3C[C@H](C)[C@]4(I)C(=C)CC)[C@@]2(C)CC1. The topological polar surface area (TPSA) is 0 Å². The highest BCUT2D eigenvalue weighted by atomic mass is 127. The average molecular weight is 462 g/mol. The Bertz CT molecular complexity index is 724. The van der Waals surface area contributed by atoms with Crippen LogP contribution in [0.5, 0.6) is 0 Å². The van der Waals surface area contributed by atoms with E-state index in [1.54, 1.807) is 11.1 Å². The van der Waals surface area contributed by atoms with Crippen LogP contribution in [0.1, 0.15) is 72.6 Å². The molecular formula is C25H35I. The molecule has 0 aromatic heterocycles. The smallest absolute Gasteiger partial charge is 0.0512 e. The summed E-state index contributed by atoms with van der Waals surface area (Å²) in [6.45, 7) is 18.7. The standard InChI is InChI=1S/C25H35I/c1-7-17(3)25(26)18(4)15-22-20-9-8-19-14-16(2)10-12-23(19,5)21(20)11-13-24(22,25)6/h11,14,18,20,22H,2-3,7-10,12-13,15H2,1,4-6H3/t18-,20?,22?,23-,24-,25+/m0/s1. The number of rotatable bonds is 2. The van der Waals surface area contributed by atoms with E-state index in [9.17, 15) is 0 Å². The fraction of sp³-hybridized carbons (Fsp3) is 0.680. The lowest BCUT2D eigenvalue weighted by Gasteiger charge is -2.55. The zero-order valence-corrected chi connectivity index (χ0v) is 19.3. The van der Waals surface area contributed by atoms with Crippen molar-refractivity contribution in [2.75, 3.05) is 0 Å². The van der Waals surface area contributed by atoms with Crippen molar-refractivity contribution in [1.29, 1.82) is 0 Å². The first-order chi connectivity index (χ1) is 12.2. The third-order valence-electron chi connectivity index (χ3n) is 8.90. The summed E-state index contributed by atoms with van der Waals surface area (Å²) in [5.74, 6) is 2.33. The predicted octanol–water partition coefficient (Wildman–Crippen LogP) is 7.81. The quantitative estimate of drug-likeness (QED) is 0.223. The monoisotopic (exact) mass is 462 g/mol. The Morgan fingerprint density at radius 1 is 1.31 bits per heavy atom. The molecule has 0 heterocycles. The van der Waals surface area contributed by atoms with Gasteiger partial charge in [0.05, 0.1) is 3.42 Å². The summed E-state index contributed by atoms with van der Waals surface area (Å²) < 4.78 is 0.254. The number of allylic oxidation sites excluding steroid dienone is 6. The van der Waals surface area contributed by atoms with E-state index >= 15 is 0 Å². The molecule has 26 heavy (non-hydrogen) atoms. The molecule has 2 unspecified atom stereocenters. The first-order valence-electron chi connectivity index (χ1n) is 10.6. The Balaban J connectivity index is 1.78. The minimum Gasteiger partial charge on any atom is -0.0985 e. The van der Waals surface area contributed by atoms with Gasteiger partial charge in [-0.05, 0) is 68.1 Å². The summed E-state index contributed by atoms with van der Waals surface area (Å²) in [5, 5.41) is 0. The van der Waals surface area contributed by atoms with E-state index in [0.29, 0.717) is 10.8 Å². The highest BCUT2D eigenvalue weighted by Crippen LogP contribution is 2.70. The lowest BCUT2D eigenvalue weighted by molar-refractivity contribution is 0.111. The molecule has 1 heteroatoms. The Morgan fingerprint density at radius 2 is 2.04 bits per heavy atom. The highest BCUT2D eigenvalue weighted by molar-refractivity contribution is 14.1. The predicted molar refractivity (Wildman–Crippen MR) is 122 cm³/mol. The van der Waals surface area contributed by atoms with E-state index < -0.39 is 0 Å². The van der Waals surface area contributed by atoms with Gasteiger partial charge in [0.2, 0.25) is 0 Å². The van der Waals surface area contributed by atoms with Gasteiger partial charge in [0, 0.05) is 5.41 Å². The van der Waals surface area contributed by atoms with Gasteiger partial charge in [-0.1, -0.05) is 97.9 Å². The molecule has 0 N–H and O–H groups in total.